The first-order chi connectivity index (χ1) is 3.48. The SMILES string of the molecule is CC(O)(O)C(N)CN. The van der Waals surface area contributed by atoms with Gasteiger partial charge in [-0.25, -0.2) is 0 Å². The van der Waals surface area contributed by atoms with Gasteiger partial charge in [0.1, 0.15) is 0 Å². The summed E-state index contributed by atoms with van der Waals surface area (Å²) >= 11 is 0. The zero-order valence-electron chi connectivity index (χ0n) is 4.83. The van der Waals surface area contributed by atoms with Gasteiger partial charge in [-0.05, 0) is 6.92 Å². The van der Waals surface area contributed by atoms with Crippen LogP contribution in [0.5, 0.6) is 0 Å². The van der Waals surface area contributed by atoms with Crippen LogP contribution in [0.15, 0.2) is 0 Å². The second kappa shape index (κ2) is 2.41. The van der Waals surface area contributed by atoms with Crippen LogP contribution in [0.25, 0.3) is 0 Å². The first kappa shape index (κ1) is 7.84. The third-order valence-electron chi connectivity index (χ3n) is 0.956. The predicted molar refractivity (Wildman–Crippen MR) is 29.9 cm³/mol. The number of nitrogens with two attached hydrogens (primary N) is 2. The highest BCUT2D eigenvalue weighted by atomic mass is 16.5. The summed E-state index contributed by atoms with van der Waals surface area (Å²) in [7, 11) is 0. The Labute approximate surface area is 48.1 Å². The fraction of sp³-hybridized carbons (Fsp3) is 1.00. The second-order valence-corrected chi connectivity index (χ2v) is 1.94. The highest BCUT2D eigenvalue weighted by molar-refractivity contribution is 4.74. The van der Waals surface area contributed by atoms with Crippen molar-refractivity contribution in [1.82, 2.24) is 0 Å². The van der Waals surface area contributed by atoms with Gasteiger partial charge in [0, 0.05) is 6.54 Å². The van der Waals surface area contributed by atoms with E-state index in [2.05, 4.69) is 0 Å². The number of rotatable bonds is 2. The zero-order valence-corrected chi connectivity index (χ0v) is 4.83. The molecule has 0 saturated heterocycles. The van der Waals surface area contributed by atoms with Gasteiger partial charge in [0.25, 0.3) is 0 Å². The molecule has 0 aromatic rings. The van der Waals surface area contributed by atoms with Crippen molar-refractivity contribution in [2.75, 3.05) is 6.54 Å². The van der Waals surface area contributed by atoms with Gasteiger partial charge < -0.3 is 21.7 Å². The molecule has 4 nitrogen and oxygen atoms in total. The summed E-state index contributed by atoms with van der Waals surface area (Å²) in [5, 5.41) is 17.3. The summed E-state index contributed by atoms with van der Waals surface area (Å²) in [6.07, 6.45) is 0. The molecule has 0 aromatic carbocycles. The Morgan fingerprint density at radius 2 is 2.00 bits per heavy atom. The topological polar surface area (TPSA) is 92.5 Å². The molecule has 0 amide bonds. The van der Waals surface area contributed by atoms with Crippen LogP contribution < -0.4 is 11.5 Å². The highest BCUT2D eigenvalue weighted by Crippen LogP contribution is 1.98. The third-order valence-corrected chi connectivity index (χ3v) is 0.956. The quantitative estimate of drug-likeness (QED) is 0.316. The third kappa shape index (κ3) is 2.23. The second-order valence-electron chi connectivity index (χ2n) is 1.94. The molecule has 0 heterocycles. The zero-order chi connectivity index (χ0) is 6.78. The van der Waals surface area contributed by atoms with Crippen molar-refractivity contribution in [3.05, 3.63) is 0 Å². The van der Waals surface area contributed by atoms with Crippen molar-refractivity contribution in [2.45, 2.75) is 18.8 Å². The molecule has 0 aliphatic rings. The molecule has 1 unspecified atom stereocenters. The van der Waals surface area contributed by atoms with E-state index in [1.54, 1.807) is 0 Å². The van der Waals surface area contributed by atoms with Crippen molar-refractivity contribution < 1.29 is 10.2 Å². The van der Waals surface area contributed by atoms with Crippen molar-refractivity contribution in [1.29, 1.82) is 0 Å². The maximum absolute atomic E-state index is 8.64. The van der Waals surface area contributed by atoms with E-state index >= 15 is 0 Å². The van der Waals surface area contributed by atoms with E-state index in [-0.39, 0.29) is 6.54 Å². The van der Waals surface area contributed by atoms with Gasteiger partial charge in [-0.15, -0.1) is 0 Å². The number of aliphatic hydroxyl groups is 2. The first-order valence-corrected chi connectivity index (χ1v) is 2.39. The van der Waals surface area contributed by atoms with Gasteiger partial charge >= 0.3 is 0 Å². The van der Waals surface area contributed by atoms with Crippen LogP contribution in [0.4, 0.5) is 0 Å². The fourth-order valence-corrected chi connectivity index (χ4v) is 0.223. The first-order valence-electron chi connectivity index (χ1n) is 2.39. The lowest BCUT2D eigenvalue weighted by Crippen LogP contribution is -2.49. The molecule has 6 N–H and O–H groups in total. The van der Waals surface area contributed by atoms with Crippen molar-refractivity contribution in [3.8, 4) is 0 Å². The summed E-state index contributed by atoms with van der Waals surface area (Å²) < 4.78 is 0. The molecule has 0 bridgehead atoms. The summed E-state index contributed by atoms with van der Waals surface area (Å²) in [4.78, 5) is 0. The van der Waals surface area contributed by atoms with E-state index in [9.17, 15) is 0 Å². The van der Waals surface area contributed by atoms with Crippen LogP contribution in [0, 0.1) is 0 Å². The molecular weight excluding hydrogens is 108 g/mol. The standard InChI is InChI=1S/C4H12N2O2/c1-4(7,8)3(6)2-5/h3,7-8H,2,5-6H2,1H3. The Bertz CT molecular complexity index is 68.9. The Kier molecular flexibility index (Phi) is 2.36. The largest absolute Gasteiger partial charge is 0.365 e. The summed E-state index contributed by atoms with van der Waals surface area (Å²) in [6.45, 7) is 1.27. The van der Waals surface area contributed by atoms with Crippen LogP contribution in [-0.2, 0) is 0 Å². The minimum atomic E-state index is -1.84. The molecule has 4 heteroatoms. The molecule has 0 spiro atoms. The van der Waals surface area contributed by atoms with Gasteiger partial charge in [0.15, 0.2) is 5.79 Å². The molecule has 8 heavy (non-hydrogen) atoms. The lowest BCUT2D eigenvalue weighted by molar-refractivity contribution is -0.158. The molecule has 0 rings (SSSR count). The Balaban J connectivity index is 3.62. The Hall–Kier alpha value is -0.160. The molecule has 0 saturated carbocycles. The monoisotopic (exact) mass is 120 g/mol. The van der Waals surface area contributed by atoms with Gasteiger partial charge in [0.2, 0.25) is 0 Å². The maximum Gasteiger partial charge on any atom is 0.176 e. The fourth-order valence-electron chi connectivity index (χ4n) is 0.223. The highest BCUT2D eigenvalue weighted by Gasteiger charge is 2.23. The summed E-state index contributed by atoms with van der Waals surface area (Å²) in [6, 6.07) is -0.762. The van der Waals surface area contributed by atoms with E-state index in [1.807, 2.05) is 0 Å². The minimum absolute atomic E-state index is 0.0729. The van der Waals surface area contributed by atoms with E-state index < -0.39 is 11.8 Å². The lowest BCUT2D eigenvalue weighted by atomic mass is 10.1. The van der Waals surface area contributed by atoms with Crippen LogP contribution in [0.3, 0.4) is 0 Å². The van der Waals surface area contributed by atoms with E-state index in [0.29, 0.717) is 0 Å². The maximum atomic E-state index is 8.64. The van der Waals surface area contributed by atoms with Crippen molar-refractivity contribution in [3.63, 3.8) is 0 Å². The van der Waals surface area contributed by atoms with E-state index in [4.69, 9.17) is 21.7 Å². The Morgan fingerprint density at radius 3 is 2.00 bits per heavy atom. The normalized spacial score (nSPS) is 16.1. The van der Waals surface area contributed by atoms with E-state index in [1.165, 1.54) is 6.92 Å². The summed E-state index contributed by atoms with van der Waals surface area (Å²) in [5.74, 6) is -1.84. The van der Waals surface area contributed by atoms with Crippen LogP contribution in [0.1, 0.15) is 6.92 Å². The van der Waals surface area contributed by atoms with Gasteiger partial charge in [-0.2, -0.15) is 0 Å². The van der Waals surface area contributed by atoms with Crippen LogP contribution in [-0.4, -0.2) is 28.6 Å². The summed E-state index contributed by atoms with van der Waals surface area (Å²) in [5.41, 5.74) is 10.1. The Morgan fingerprint density at radius 1 is 1.62 bits per heavy atom. The molecule has 0 radical (unpaired) electrons. The van der Waals surface area contributed by atoms with E-state index in [0.717, 1.165) is 0 Å². The van der Waals surface area contributed by atoms with Crippen molar-refractivity contribution in [2.24, 2.45) is 11.5 Å². The molecule has 0 aliphatic carbocycles. The van der Waals surface area contributed by atoms with Crippen LogP contribution in [0.2, 0.25) is 0 Å². The van der Waals surface area contributed by atoms with Crippen LogP contribution >= 0.6 is 0 Å². The van der Waals surface area contributed by atoms with Gasteiger partial charge in [0.05, 0.1) is 6.04 Å². The molecule has 0 aromatic heterocycles. The van der Waals surface area contributed by atoms with Gasteiger partial charge in [-0.3, -0.25) is 0 Å². The van der Waals surface area contributed by atoms with Gasteiger partial charge in [-0.1, -0.05) is 0 Å². The predicted octanol–water partition coefficient (Wildman–Crippen LogP) is -2.03. The lowest BCUT2D eigenvalue weighted by Gasteiger charge is -2.21. The smallest absolute Gasteiger partial charge is 0.176 e. The van der Waals surface area contributed by atoms with Crippen molar-refractivity contribution >= 4 is 0 Å². The molecular formula is C4H12N2O2. The molecule has 50 valence electrons. The number of hydrogen-bond donors (Lipinski definition) is 4. The molecule has 0 aliphatic heterocycles. The average Bonchev–Trinajstić information content (AvgIpc) is 1.62. The molecule has 1 atom stereocenters. The average molecular weight is 120 g/mol. The minimum Gasteiger partial charge on any atom is -0.365 e. The molecule has 0 fully saturated rings. The number of hydrogen-bond acceptors (Lipinski definition) is 4.